The van der Waals surface area contributed by atoms with Gasteiger partial charge in [0.1, 0.15) is 0 Å². The molecule has 0 unspecified atom stereocenters. The van der Waals surface area contributed by atoms with E-state index in [0.29, 0.717) is 24.0 Å². The summed E-state index contributed by atoms with van der Waals surface area (Å²) in [5.41, 5.74) is -1.97. The van der Waals surface area contributed by atoms with Crippen molar-refractivity contribution in [2.24, 2.45) is 38.9 Å². The highest BCUT2D eigenvalue weighted by molar-refractivity contribution is 5.77. The molecule has 15 nitrogen and oxygen atoms in total. The van der Waals surface area contributed by atoms with Gasteiger partial charge >= 0.3 is 29.8 Å². The van der Waals surface area contributed by atoms with E-state index < -0.39 is 21.7 Å². The summed E-state index contributed by atoms with van der Waals surface area (Å²) in [5.74, 6) is 0.534. The van der Waals surface area contributed by atoms with E-state index in [2.05, 4.69) is 0 Å². The number of hydrogen-bond donors (Lipinski definition) is 0. The molecule has 0 spiro atoms. The van der Waals surface area contributed by atoms with Gasteiger partial charge < -0.3 is 47.4 Å². The van der Waals surface area contributed by atoms with Crippen molar-refractivity contribution in [1.82, 2.24) is 0 Å². The smallest absolute Gasteiger partial charge is 0.313 e. The van der Waals surface area contributed by atoms with Gasteiger partial charge in [-0.1, -0.05) is 125 Å². The monoisotopic (exact) mass is 1150 g/mol. The second-order valence-electron chi connectivity index (χ2n) is 26.6. The number of carbonyl (C=O) groups excluding carboxylic acids is 5. The van der Waals surface area contributed by atoms with Gasteiger partial charge in [0, 0.05) is 0 Å². The van der Waals surface area contributed by atoms with Crippen LogP contribution in [0.4, 0.5) is 0 Å². The summed E-state index contributed by atoms with van der Waals surface area (Å²) in [6, 6.07) is 0. The van der Waals surface area contributed by atoms with E-state index in [1.54, 1.807) is 0 Å². The van der Waals surface area contributed by atoms with Gasteiger partial charge in [0.05, 0.1) is 58.6 Å². The molecule has 5 fully saturated rings. The third-order valence-electron chi connectivity index (χ3n) is 17.8. The summed E-state index contributed by atoms with van der Waals surface area (Å²) in [7, 11) is 0. The quantitative estimate of drug-likeness (QED) is 0.0249. The first-order chi connectivity index (χ1) is 38.3. The van der Waals surface area contributed by atoms with Crippen molar-refractivity contribution in [2.75, 3.05) is 47.2 Å². The van der Waals surface area contributed by atoms with Gasteiger partial charge in [-0.05, 0) is 177 Å². The Morgan fingerprint density at radius 3 is 0.704 bits per heavy atom. The Kier molecular flexibility index (Phi) is 39.5. The lowest BCUT2D eigenvalue weighted by Gasteiger charge is -2.24. The van der Waals surface area contributed by atoms with Crippen LogP contribution in [0.5, 0.6) is 0 Å². The minimum absolute atomic E-state index is 0.110. The molecule has 5 aliphatic carbocycles. The Morgan fingerprint density at radius 1 is 0.284 bits per heavy atom. The van der Waals surface area contributed by atoms with Crippen LogP contribution in [-0.2, 0) is 71.3 Å². The van der Waals surface area contributed by atoms with Crippen LogP contribution >= 0.6 is 0 Å². The van der Waals surface area contributed by atoms with Crippen LogP contribution < -0.4 is 0 Å². The minimum atomic E-state index is -0.396. The van der Waals surface area contributed by atoms with Gasteiger partial charge in [-0.3, -0.25) is 24.0 Å². The fourth-order valence-electron chi connectivity index (χ4n) is 9.10. The molecule has 5 rings (SSSR count). The van der Waals surface area contributed by atoms with Crippen LogP contribution in [0.15, 0.2) is 0 Å². The average Bonchev–Trinajstić information content (AvgIpc) is 4.14. The van der Waals surface area contributed by atoms with Crippen molar-refractivity contribution >= 4 is 29.8 Å². The van der Waals surface area contributed by atoms with Gasteiger partial charge in [0.25, 0.3) is 0 Å². The van der Waals surface area contributed by atoms with E-state index in [1.807, 2.05) is 104 Å². The predicted molar refractivity (Wildman–Crippen MR) is 319 cm³/mol. The van der Waals surface area contributed by atoms with Crippen molar-refractivity contribution < 1.29 is 71.3 Å². The lowest BCUT2D eigenvalue weighted by molar-refractivity contribution is -0.173. The number of hydrogen-bond acceptors (Lipinski definition) is 15. The molecule has 0 radical (unpaired) electrons. The summed E-state index contributed by atoms with van der Waals surface area (Å²) >= 11 is 0. The van der Waals surface area contributed by atoms with Crippen LogP contribution in [0.2, 0.25) is 0 Å². The standard InChI is InChI=1S/2C14H26O3.2C13H24O3.C12H22O3/c1-4-14(2,3)13(15)17-11-16-10-12-8-6-5-7-9-12;1-4-14(2,3)13(15)17-11-16-12-9-7-5-6-8-10-12;1-4-13(2,3)12(14)16-10-15-9-11-7-5-6-8-11;1-4-13(2,3)12(14)16-10-15-11-8-6-5-7-9-11;1-4-12(2,3)11(13)15-9-14-10-7-5-6-8-10/h2*12H,4-11H2,1-3H3;2*11H,4-10H2,1-3H3;10H,4-9H2,1-3H3. The maximum absolute atomic E-state index is 11.7. The van der Waals surface area contributed by atoms with E-state index in [0.717, 1.165) is 83.8 Å². The van der Waals surface area contributed by atoms with Crippen LogP contribution in [0.1, 0.15) is 290 Å². The summed E-state index contributed by atoms with van der Waals surface area (Å²) in [5, 5.41) is 0. The van der Waals surface area contributed by atoms with Crippen LogP contribution in [0.3, 0.4) is 0 Å². The van der Waals surface area contributed by atoms with Gasteiger partial charge in [0.2, 0.25) is 0 Å². The Hall–Kier alpha value is -2.85. The Bertz CT molecular complexity index is 1660. The number of ether oxygens (including phenoxy) is 10. The van der Waals surface area contributed by atoms with Crippen LogP contribution in [0.25, 0.3) is 0 Å². The molecular weight excluding hydrogens is 1030 g/mol. The highest BCUT2D eigenvalue weighted by Gasteiger charge is 2.31. The fraction of sp³-hybridized carbons (Fsp3) is 0.924. The summed E-state index contributed by atoms with van der Waals surface area (Å²) < 4.78 is 53.1. The minimum Gasteiger partial charge on any atom is -0.438 e. The number of rotatable bonds is 27. The van der Waals surface area contributed by atoms with Crippen molar-refractivity contribution in [2.45, 2.75) is 308 Å². The second kappa shape index (κ2) is 42.0. The maximum Gasteiger partial charge on any atom is 0.313 e. The summed E-state index contributed by atoms with van der Waals surface area (Å²) in [6.07, 6.45) is 34.5. The second-order valence-corrected chi connectivity index (χ2v) is 26.6. The first kappa shape index (κ1) is 76.2. The molecule has 0 aromatic rings. The molecule has 0 heterocycles. The normalized spacial score (nSPS) is 18.2. The largest absolute Gasteiger partial charge is 0.438 e. The zero-order chi connectivity index (χ0) is 60.8. The molecule has 476 valence electrons. The molecule has 0 atom stereocenters. The lowest BCUT2D eigenvalue weighted by atomic mass is 9.90. The molecule has 0 aromatic heterocycles. The molecule has 0 amide bonds. The van der Waals surface area contributed by atoms with E-state index in [-0.39, 0.29) is 75.3 Å². The molecule has 15 heteroatoms. The summed E-state index contributed by atoms with van der Waals surface area (Å²) in [4.78, 5) is 58.1. The Balaban J connectivity index is 0.000000507. The molecule has 0 N–H and O–H groups in total. The highest BCUT2D eigenvalue weighted by Crippen LogP contribution is 2.29. The lowest BCUT2D eigenvalue weighted by Crippen LogP contribution is -2.28. The number of esters is 5. The maximum atomic E-state index is 11.7. The Morgan fingerprint density at radius 2 is 0.469 bits per heavy atom. The van der Waals surface area contributed by atoms with Crippen LogP contribution in [0, 0.1) is 38.9 Å². The van der Waals surface area contributed by atoms with Gasteiger partial charge in [-0.25, -0.2) is 0 Å². The molecule has 81 heavy (non-hydrogen) atoms. The third kappa shape index (κ3) is 34.0. The molecule has 0 bridgehead atoms. The molecular formula is C66H122O15. The highest BCUT2D eigenvalue weighted by atomic mass is 16.7. The molecule has 0 saturated heterocycles. The third-order valence-corrected chi connectivity index (χ3v) is 17.8. The Labute approximate surface area is 493 Å². The fourth-order valence-corrected chi connectivity index (χ4v) is 9.10. The molecule has 0 aromatic carbocycles. The van der Waals surface area contributed by atoms with E-state index in [4.69, 9.17) is 47.4 Å². The zero-order valence-electron chi connectivity index (χ0n) is 54.5. The van der Waals surface area contributed by atoms with Crippen molar-refractivity contribution in [3.05, 3.63) is 0 Å². The van der Waals surface area contributed by atoms with Crippen molar-refractivity contribution in [1.29, 1.82) is 0 Å². The van der Waals surface area contributed by atoms with Crippen LogP contribution in [-0.4, -0.2) is 95.3 Å². The molecule has 5 saturated carbocycles. The predicted octanol–water partition coefficient (Wildman–Crippen LogP) is 16.5. The topological polar surface area (TPSA) is 178 Å². The van der Waals surface area contributed by atoms with Gasteiger partial charge in [-0.2, -0.15) is 0 Å². The first-order valence-electron chi connectivity index (χ1n) is 32.2. The SMILES string of the molecule is CCC(C)(C)C(=O)OCOC1CCCC1.CCC(C)(C)C(=O)OCOC1CCCCC1.CCC(C)(C)C(=O)OCOC1CCCCCC1.CCC(C)(C)C(=O)OCOCC1CCCC1.CCC(C)(C)C(=O)OCOCC1CCCCC1. The van der Waals surface area contributed by atoms with Gasteiger partial charge in [-0.15, -0.1) is 0 Å². The molecule has 5 aliphatic rings. The first-order valence-corrected chi connectivity index (χ1v) is 32.2. The van der Waals surface area contributed by atoms with Gasteiger partial charge in [0.15, 0.2) is 34.0 Å². The number of carbonyl (C=O) groups is 5. The average molecular weight is 1160 g/mol. The zero-order valence-corrected chi connectivity index (χ0v) is 54.5. The molecule has 0 aliphatic heterocycles. The van der Waals surface area contributed by atoms with Crippen molar-refractivity contribution in [3.63, 3.8) is 0 Å². The van der Waals surface area contributed by atoms with Crippen molar-refractivity contribution in [3.8, 4) is 0 Å². The van der Waals surface area contributed by atoms with E-state index in [9.17, 15) is 24.0 Å². The van der Waals surface area contributed by atoms with E-state index >= 15 is 0 Å². The van der Waals surface area contributed by atoms with E-state index in [1.165, 1.54) is 116 Å². The summed E-state index contributed by atoms with van der Waals surface area (Å²) in [6.45, 7) is 31.0.